The number of hydrogen-bond acceptors (Lipinski definition) is 7. The van der Waals surface area contributed by atoms with E-state index in [1.165, 1.54) is 6.92 Å². The quantitative estimate of drug-likeness (QED) is 0.330. The molecular formula is C25H28N4O3S. The zero-order valence-electron chi connectivity index (χ0n) is 19.3. The Kier molecular flexibility index (Phi) is 7.13. The lowest BCUT2D eigenvalue weighted by Crippen LogP contribution is -2.36. The zero-order chi connectivity index (χ0) is 23.4. The number of para-hydroxylation sites is 2. The number of carbonyl (C=O) groups excluding carboxylic acids is 1. The van der Waals surface area contributed by atoms with Crippen LogP contribution in [-0.4, -0.2) is 32.9 Å². The second-order valence-electron chi connectivity index (χ2n) is 8.03. The SMILES string of the molecule is CCCCSc1nnc2c(n1)O[C@@H](c1ccccc1OC(C)C)N(C(C)=O)c1ccccc1-2. The molecule has 8 heteroatoms. The summed E-state index contributed by atoms with van der Waals surface area (Å²) in [4.78, 5) is 19.3. The first-order chi connectivity index (χ1) is 16.0. The molecule has 4 rings (SSSR count). The average molecular weight is 465 g/mol. The molecule has 0 spiro atoms. The lowest BCUT2D eigenvalue weighted by atomic mass is 10.1. The highest BCUT2D eigenvalue weighted by atomic mass is 32.2. The Hall–Kier alpha value is -3.13. The fourth-order valence-corrected chi connectivity index (χ4v) is 4.53. The summed E-state index contributed by atoms with van der Waals surface area (Å²) in [5.41, 5.74) is 2.69. The van der Waals surface area contributed by atoms with Crippen molar-refractivity contribution in [3.05, 3.63) is 54.1 Å². The summed E-state index contributed by atoms with van der Waals surface area (Å²) in [6.07, 6.45) is 1.35. The van der Waals surface area contributed by atoms with Crippen molar-refractivity contribution in [1.82, 2.24) is 15.2 Å². The maximum atomic E-state index is 13.0. The number of unbranched alkanes of at least 4 members (excludes halogenated alkanes) is 1. The van der Waals surface area contributed by atoms with Crippen molar-refractivity contribution in [2.24, 2.45) is 0 Å². The van der Waals surface area contributed by atoms with Crippen LogP contribution in [0.1, 0.15) is 52.3 Å². The van der Waals surface area contributed by atoms with Gasteiger partial charge in [0.25, 0.3) is 0 Å². The largest absolute Gasteiger partial charge is 0.491 e. The van der Waals surface area contributed by atoms with Crippen LogP contribution in [0.15, 0.2) is 53.7 Å². The Morgan fingerprint density at radius 2 is 1.91 bits per heavy atom. The van der Waals surface area contributed by atoms with Crippen LogP contribution in [0.2, 0.25) is 0 Å². The van der Waals surface area contributed by atoms with Gasteiger partial charge in [-0.15, -0.1) is 10.2 Å². The number of thioether (sulfide) groups is 1. The van der Waals surface area contributed by atoms with Gasteiger partial charge in [-0.3, -0.25) is 9.69 Å². The van der Waals surface area contributed by atoms with Crippen LogP contribution in [0, 0.1) is 0 Å². The molecule has 0 aliphatic carbocycles. The van der Waals surface area contributed by atoms with Crippen molar-refractivity contribution in [3.8, 4) is 22.9 Å². The Labute approximate surface area is 198 Å². The van der Waals surface area contributed by atoms with Gasteiger partial charge in [-0.25, -0.2) is 0 Å². The summed E-state index contributed by atoms with van der Waals surface area (Å²) < 4.78 is 12.5. The summed E-state index contributed by atoms with van der Waals surface area (Å²) in [5, 5.41) is 9.34. The van der Waals surface area contributed by atoms with E-state index in [0.29, 0.717) is 28.2 Å². The van der Waals surface area contributed by atoms with Crippen molar-refractivity contribution in [2.45, 2.75) is 58.0 Å². The minimum Gasteiger partial charge on any atom is -0.491 e. The minimum atomic E-state index is -0.773. The fraction of sp³-hybridized carbons (Fsp3) is 0.360. The fourth-order valence-electron chi connectivity index (χ4n) is 3.67. The van der Waals surface area contributed by atoms with E-state index in [4.69, 9.17) is 14.5 Å². The first-order valence-corrected chi connectivity index (χ1v) is 12.2. The second-order valence-corrected chi connectivity index (χ2v) is 9.09. The lowest BCUT2D eigenvalue weighted by Gasteiger charge is -2.31. The molecule has 172 valence electrons. The van der Waals surface area contributed by atoms with E-state index in [9.17, 15) is 4.79 Å². The van der Waals surface area contributed by atoms with E-state index in [0.717, 1.165) is 29.7 Å². The van der Waals surface area contributed by atoms with E-state index < -0.39 is 6.23 Å². The first-order valence-electron chi connectivity index (χ1n) is 11.2. The first kappa shape index (κ1) is 23.0. The topological polar surface area (TPSA) is 77.4 Å². The van der Waals surface area contributed by atoms with Crippen LogP contribution in [0.25, 0.3) is 11.3 Å². The molecule has 7 nitrogen and oxygen atoms in total. The maximum absolute atomic E-state index is 13.0. The van der Waals surface area contributed by atoms with E-state index in [1.54, 1.807) is 16.7 Å². The van der Waals surface area contributed by atoms with Gasteiger partial charge < -0.3 is 9.47 Å². The number of hydrogen-bond donors (Lipinski definition) is 0. The molecular weight excluding hydrogens is 436 g/mol. The highest BCUT2D eigenvalue weighted by Crippen LogP contribution is 2.44. The predicted molar refractivity (Wildman–Crippen MR) is 130 cm³/mol. The predicted octanol–water partition coefficient (Wildman–Crippen LogP) is 5.66. The third-order valence-corrected chi connectivity index (χ3v) is 6.05. The summed E-state index contributed by atoms with van der Waals surface area (Å²) >= 11 is 1.55. The normalized spacial score (nSPS) is 14.8. The molecule has 0 radical (unpaired) electrons. The Morgan fingerprint density at radius 3 is 2.67 bits per heavy atom. The Morgan fingerprint density at radius 1 is 1.15 bits per heavy atom. The number of nitrogens with zero attached hydrogens (tertiary/aromatic N) is 4. The van der Waals surface area contributed by atoms with Gasteiger partial charge in [0.15, 0.2) is 5.69 Å². The number of fused-ring (bicyclic) bond motifs is 3. The van der Waals surface area contributed by atoms with Gasteiger partial charge in [0.1, 0.15) is 5.75 Å². The number of benzene rings is 2. The van der Waals surface area contributed by atoms with Gasteiger partial charge >= 0.3 is 0 Å². The molecule has 1 aromatic heterocycles. The van der Waals surface area contributed by atoms with Crippen molar-refractivity contribution < 1.29 is 14.3 Å². The maximum Gasteiger partial charge on any atom is 0.247 e. The van der Waals surface area contributed by atoms with Crippen LogP contribution >= 0.6 is 11.8 Å². The average Bonchev–Trinajstić information content (AvgIpc) is 2.93. The van der Waals surface area contributed by atoms with Crippen molar-refractivity contribution >= 4 is 23.4 Å². The third kappa shape index (κ3) is 4.95. The number of ether oxygens (including phenoxy) is 2. The van der Waals surface area contributed by atoms with Gasteiger partial charge in [-0.2, -0.15) is 4.98 Å². The standard InChI is InChI=1S/C25H28N4O3S/c1-5-6-15-33-25-26-23-22(27-28-25)18-11-7-9-13-20(18)29(17(4)30)24(32-23)19-12-8-10-14-21(19)31-16(2)3/h7-14,16,24H,5-6,15H2,1-4H3/t24-/m0/s1. The number of rotatable bonds is 7. The van der Waals surface area contributed by atoms with E-state index in [1.807, 2.05) is 62.4 Å². The van der Waals surface area contributed by atoms with E-state index >= 15 is 0 Å². The van der Waals surface area contributed by atoms with Gasteiger partial charge in [-0.1, -0.05) is 55.4 Å². The van der Waals surface area contributed by atoms with Gasteiger partial charge in [-0.05, 0) is 38.5 Å². The summed E-state index contributed by atoms with van der Waals surface area (Å²) in [6, 6.07) is 15.2. The molecule has 2 aromatic carbocycles. The molecule has 0 bridgehead atoms. The van der Waals surface area contributed by atoms with E-state index in [2.05, 4.69) is 17.1 Å². The molecule has 0 N–H and O–H groups in total. The smallest absolute Gasteiger partial charge is 0.247 e. The van der Waals surface area contributed by atoms with Crippen LogP contribution in [-0.2, 0) is 4.79 Å². The van der Waals surface area contributed by atoms with Crippen molar-refractivity contribution in [1.29, 1.82) is 0 Å². The molecule has 2 heterocycles. The molecule has 1 aliphatic rings. The highest BCUT2D eigenvalue weighted by Gasteiger charge is 2.36. The van der Waals surface area contributed by atoms with Crippen molar-refractivity contribution in [2.75, 3.05) is 10.7 Å². The molecule has 1 aliphatic heterocycles. The lowest BCUT2D eigenvalue weighted by molar-refractivity contribution is -0.118. The van der Waals surface area contributed by atoms with Crippen LogP contribution < -0.4 is 14.4 Å². The van der Waals surface area contributed by atoms with Crippen LogP contribution in [0.4, 0.5) is 5.69 Å². The molecule has 3 aromatic rings. The third-order valence-electron chi connectivity index (χ3n) is 5.13. The molecule has 1 atom stereocenters. The molecule has 0 saturated heterocycles. The highest BCUT2D eigenvalue weighted by molar-refractivity contribution is 7.99. The Balaban J connectivity index is 1.87. The summed E-state index contributed by atoms with van der Waals surface area (Å²) in [5.74, 6) is 1.75. The number of carbonyl (C=O) groups is 1. The van der Waals surface area contributed by atoms with Crippen molar-refractivity contribution in [3.63, 3.8) is 0 Å². The monoisotopic (exact) mass is 464 g/mol. The molecule has 1 amide bonds. The van der Waals surface area contributed by atoms with Gasteiger partial charge in [0, 0.05) is 18.2 Å². The van der Waals surface area contributed by atoms with Crippen LogP contribution in [0.3, 0.4) is 0 Å². The van der Waals surface area contributed by atoms with Gasteiger partial charge in [0.2, 0.25) is 23.2 Å². The number of anilines is 1. The number of aromatic nitrogens is 3. The second kappa shape index (κ2) is 10.2. The summed E-state index contributed by atoms with van der Waals surface area (Å²) in [7, 11) is 0. The number of amides is 1. The molecule has 0 fully saturated rings. The molecule has 33 heavy (non-hydrogen) atoms. The molecule has 0 saturated carbocycles. The van der Waals surface area contributed by atoms with Gasteiger partial charge in [0.05, 0.1) is 17.4 Å². The summed E-state index contributed by atoms with van der Waals surface area (Å²) in [6.45, 7) is 7.61. The Bertz CT molecular complexity index is 1140. The minimum absolute atomic E-state index is 0.0344. The molecule has 0 unspecified atom stereocenters. The van der Waals surface area contributed by atoms with Crippen LogP contribution in [0.5, 0.6) is 11.6 Å². The zero-order valence-corrected chi connectivity index (χ0v) is 20.1. The van der Waals surface area contributed by atoms with E-state index in [-0.39, 0.29) is 12.0 Å².